The Morgan fingerprint density at radius 2 is 2.20 bits per heavy atom. The maximum absolute atomic E-state index is 11.0. The van der Waals surface area contributed by atoms with Crippen LogP contribution in [0.3, 0.4) is 0 Å². The number of hydrogen-bond donors (Lipinski definition) is 4. The van der Waals surface area contributed by atoms with E-state index in [0.29, 0.717) is 0 Å². The molecular formula is C6H9O8P. The monoisotopic (exact) mass is 240 g/mol. The lowest BCUT2D eigenvalue weighted by Gasteiger charge is -2.13. The van der Waals surface area contributed by atoms with Crippen LogP contribution in [0.5, 0.6) is 0 Å². The number of hydrogen-bond acceptors (Lipinski definition) is 7. The number of rotatable bonds is 4. The highest BCUT2D eigenvalue weighted by atomic mass is 31.1. The summed E-state index contributed by atoms with van der Waals surface area (Å²) in [5.74, 6) is -2.80. The standard InChI is InChI=1S/C6H9O8P/c7-1-2(8)4-3(9)5(6(10)13-4)14-15(11)12/h2,4,7-9,15H,1H2,(H,11,12)/t2-,4+/m0/s1. The molecule has 4 N–H and O–H groups in total. The summed E-state index contributed by atoms with van der Waals surface area (Å²) in [5.41, 5.74) is 0. The summed E-state index contributed by atoms with van der Waals surface area (Å²) in [5, 5.41) is 26.9. The number of carbonyl (C=O) groups is 1. The van der Waals surface area contributed by atoms with Crippen LogP contribution < -0.4 is 0 Å². The van der Waals surface area contributed by atoms with Crippen LogP contribution in [-0.2, 0) is 18.6 Å². The zero-order chi connectivity index (χ0) is 11.6. The van der Waals surface area contributed by atoms with Gasteiger partial charge in [-0.2, -0.15) is 0 Å². The van der Waals surface area contributed by atoms with Crippen LogP contribution in [0.4, 0.5) is 0 Å². The molecule has 9 heteroatoms. The van der Waals surface area contributed by atoms with E-state index in [2.05, 4.69) is 9.26 Å². The molecule has 3 atom stereocenters. The molecule has 0 amide bonds. The minimum atomic E-state index is -3.45. The van der Waals surface area contributed by atoms with Gasteiger partial charge in [-0.25, -0.2) is 9.36 Å². The third-order valence-corrected chi connectivity index (χ3v) is 2.03. The Morgan fingerprint density at radius 1 is 1.60 bits per heavy atom. The van der Waals surface area contributed by atoms with Gasteiger partial charge in [0.1, 0.15) is 6.10 Å². The number of carbonyl (C=O) groups excluding carboxylic acids is 1. The number of ether oxygens (including phenoxy) is 1. The van der Waals surface area contributed by atoms with E-state index in [0.717, 1.165) is 0 Å². The van der Waals surface area contributed by atoms with Gasteiger partial charge in [0, 0.05) is 0 Å². The third kappa shape index (κ3) is 2.48. The number of cyclic esters (lactones) is 1. The number of aliphatic hydroxyl groups excluding tert-OH is 3. The summed E-state index contributed by atoms with van der Waals surface area (Å²) in [7, 11) is -3.45. The van der Waals surface area contributed by atoms with Crippen molar-refractivity contribution in [2.24, 2.45) is 0 Å². The molecule has 0 fully saturated rings. The minimum absolute atomic E-state index is 0.746. The average molecular weight is 240 g/mol. The predicted molar refractivity (Wildman–Crippen MR) is 44.9 cm³/mol. The smallest absolute Gasteiger partial charge is 0.378 e. The van der Waals surface area contributed by atoms with Gasteiger partial charge in [-0.05, 0) is 0 Å². The van der Waals surface area contributed by atoms with Crippen LogP contribution in [-0.4, -0.2) is 45.0 Å². The van der Waals surface area contributed by atoms with Crippen LogP contribution in [0.1, 0.15) is 0 Å². The molecule has 0 radical (unpaired) electrons. The van der Waals surface area contributed by atoms with Crippen molar-refractivity contribution in [2.75, 3.05) is 6.61 Å². The fraction of sp³-hybridized carbons (Fsp3) is 0.500. The molecule has 0 aromatic heterocycles. The van der Waals surface area contributed by atoms with Gasteiger partial charge in [-0.3, -0.25) is 0 Å². The van der Waals surface area contributed by atoms with Crippen molar-refractivity contribution < 1.29 is 38.8 Å². The molecule has 0 aromatic rings. The lowest BCUT2D eigenvalue weighted by molar-refractivity contribution is -0.147. The van der Waals surface area contributed by atoms with Gasteiger partial charge in [0.2, 0.25) is 0 Å². The molecule has 15 heavy (non-hydrogen) atoms. The van der Waals surface area contributed by atoms with E-state index in [1.807, 2.05) is 0 Å². The summed E-state index contributed by atoms with van der Waals surface area (Å²) in [6, 6.07) is 0. The molecule has 0 bridgehead atoms. The summed E-state index contributed by atoms with van der Waals surface area (Å²) in [6.45, 7) is -0.746. The van der Waals surface area contributed by atoms with Crippen molar-refractivity contribution >= 4 is 14.2 Å². The molecule has 1 rings (SSSR count). The van der Waals surface area contributed by atoms with Gasteiger partial charge in [0.15, 0.2) is 11.9 Å². The fourth-order valence-corrected chi connectivity index (χ4v) is 1.36. The second kappa shape index (κ2) is 4.63. The number of esters is 1. The van der Waals surface area contributed by atoms with Crippen molar-refractivity contribution in [3.05, 3.63) is 11.5 Å². The molecular weight excluding hydrogens is 231 g/mol. The average Bonchev–Trinajstić information content (AvgIpc) is 2.44. The molecule has 1 unspecified atom stereocenters. The van der Waals surface area contributed by atoms with E-state index in [4.69, 9.17) is 15.1 Å². The van der Waals surface area contributed by atoms with Gasteiger partial charge >= 0.3 is 14.2 Å². The molecule has 1 aliphatic heterocycles. The SMILES string of the molecule is O=C1O[C@H]([C@@H](O)CO)C(O)=C1O[PH](=O)O. The van der Waals surface area contributed by atoms with Crippen LogP contribution in [0.25, 0.3) is 0 Å². The highest BCUT2D eigenvalue weighted by Gasteiger charge is 2.40. The van der Waals surface area contributed by atoms with Crippen LogP contribution in [0.15, 0.2) is 11.5 Å². The largest absolute Gasteiger partial charge is 0.505 e. The normalized spacial score (nSPS) is 25.0. The zero-order valence-electron chi connectivity index (χ0n) is 7.28. The first-order valence-corrected chi connectivity index (χ1v) is 5.07. The Balaban J connectivity index is 2.88. The Labute approximate surface area is 84.3 Å². The first-order valence-electron chi connectivity index (χ1n) is 3.81. The second-order valence-corrected chi connectivity index (χ2v) is 3.39. The Bertz CT molecular complexity index is 323. The summed E-state index contributed by atoms with van der Waals surface area (Å²) in [4.78, 5) is 19.3. The maximum Gasteiger partial charge on any atom is 0.378 e. The molecule has 86 valence electrons. The molecule has 1 aliphatic rings. The topological polar surface area (TPSA) is 134 Å². The maximum atomic E-state index is 11.0. The second-order valence-electron chi connectivity index (χ2n) is 2.66. The molecule has 0 saturated heterocycles. The van der Waals surface area contributed by atoms with Crippen molar-refractivity contribution in [3.63, 3.8) is 0 Å². The predicted octanol–water partition coefficient (Wildman–Crippen LogP) is -1.57. The molecule has 8 nitrogen and oxygen atoms in total. The Kier molecular flexibility index (Phi) is 3.70. The van der Waals surface area contributed by atoms with Gasteiger partial charge < -0.3 is 29.5 Å². The van der Waals surface area contributed by atoms with E-state index < -0.39 is 44.6 Å². The van der Waals surface area contributed by atoms with Gasteiger partial charge in [-0.1, -0.05) is 0 Å². The van der Waals surface area contributed by atoms with Gasteiger partial charge in [0.05, 0.1) is 6.61 Å². The quantitative estimate of drug-likeness (QED) is 0.342. The molecule has 0 saturated carbocycles. The third-order valence-electron chi connectivity index (χ3n) is 1.65. The highest BCUT2D eigenvalue weighted by Crippen LogP contribution is 2.30. The lowest BCUT2D eigenvalue weighted by Crippen LogP contribution is -2.31. The summed E-state index contributed by atoms with van der Waals surface area (Å²) in [6.07, 6.45) is -2.99. The van der Waals surface area contributed by atoms with E-state index in [-0.39, 0.29) is 0 Å². The Morgan fingerprint density at radius 3 is 2.67 bits per heavy atom. The fourth-order valence-electron chi connectivity index (χ4n) is 0.996. The molecule has 0 aromatic carbocycles. The van der Waals surface area contributed by atoms with Gasteiger partial charge in [-0.15, -0.1) is 0 Å². The highest BCUT2D eigenvalue weighted by molar-refractivity contribution is 7.32. The summed E-state index contributed by atoms with van der Waals surface area (Å²) >= 11 is 0. The molecule has 0 spiro atoms. The van der Waals surface area contributed by atoms with Crippen LogP contribution in [0.2, 0.25) is 0 Å². The van der Waals surface area contributed by atoms with Crippen LogP contribution in [0, 0.1) is 0 Å². The van der Waals surface area contributed by atoms with E-state index in [1.54, 1.807) is 0 Å². The molecule has 0 aliphatic carbocycles. The first kappa shape index (κ1) is 12.0. The molecule has 1 heterocycles. The lowest BCUT2D eigenvalue weighted by atomic mass is 10.2. The van der Waals surface area contributed by atoms with E-state index in [1.165, 1.54) is 0 Å². The van der Waals surface area contributed by atoms with Gasteiger partial charge in [0.25, 0.3) is 5.76 Å². The van der Waals surface area contributed by atoms with Crippen molar-refractivity contribution in [3.8, 4) is 0 Å². The summed E-state index contributed by atoms with van der Waals surface area (Å²) < 4.78 is 18.8. The van der Waals surface area contributed by atoms with E-state index in [9.17, 15) is 14.5 Å². The van der Waals surface area contributed by atoms with Crippen molar-refractivity contribution in [2.45, 2.75) is 12.2 Å². The van der Waals surface area contributed by atoms with Crippen LogP contribution >= 0.6 is 8.25 Å². The zero-order valence-corrected chi connectivity index (χ0v) is 8.28. The van der Waals surface area contributed by atoms with Crippen molar-refractivity contribution in [1.29, 1.82) is 0 Å². The minimum Gasteiger partial charge on any atom is -0.505 e. The van der Waals surface area contributed by atoms with Crippen molar-refractivity contribution in [1.82, 2.24) is 0 Å². The van der Waals surface area contributed by atoms with E-state index >= 15 is 0 Å². The number of aliphatic hydroxyl groups is 3. The first-order chi connectivity index (χ1) is 6.97. The Hall–Kier alpha value is -1.08.